The average molecular weight is 297 g/mol. The molecule has 1 aromatic rings. The summed E-state index contributed by atoms with van der Waals surface area (Å²) in [5.41, 5.74) is -3.86. The summed E-state index contributed by atoms with van der Waals surface area (Å²) in [4.78, 5) is 28.1. The van der Waals surface area contributed by atoms with Crippen LogP contribution in [0.4, 0.5) is 0 Å². The molecule has 5 atom stereocenters. The lowest BCUT2D eigenvalue weighted by Crippen LogP contribution is -2.49. The van der Waals surface area contributed by atoms with Gasteiger partial charge in [0.15, 0.2) is 11.8 Å². The molecule has 21 heavy (non-hydrogen) atoms. The molecule has 0 radical (unpaired) electrons. The summed E-state index contributed by atoms with van der Waals surface area (Å²) in [5, 5.41) is 30.3. The zero-order chi connectivity index (χ0) is 15.8. The molecule has 2 heterocycles. The second-order valence-electron chi connectivity index (χ2n) is 4.73. The third-order valence-corrected chi connectivity index (χ3v) is 3.23. The quantitative estimate of drug-likeness (QED) is 0.437. The molecule has 1 aromatic heterocycles. The highest BCUT2D eigenvalue weighted by Crippen LogP contribution is 2.38. The van der Waals surface area contributed by atoms with Crippen molar-refractivity contribution in [2.45, 2.75) is 44.0 Å². The minimum Gasteiger partial charge on any atom is -0.391 e. The predicted molar refractivity (Wildman–Crippen MR) is 69.1 cm³/mol. The number of aromatic nitrogens is 3. The standard InChI is InChI=1S/C12H15N3O6/c1-3-4-12(20)8(17)7(6(2)16)21-9(12)15-5-13-10(18)14-11(15)19/h5-9,16-17,20H,1-2H3,(H,14,18,19)/t6-,7+,8?,9+,12?/m0/s1. The molecule has 1 saturated heterocycles. The first-order chi connectivity index (χ1) is 9.81. The Morgan fingerprint density at radius 1 is 1.57 bits per heavy atom. The van der Waals surface area contributed by atoms with Gasteiger partial charge in [0.2, 0.25) is 0 Å². The average Bonchev–Trinajstić information content (AvgIpc) is 2.64. The maximum Gasteiger partial charge on any atom is 0.350 e. The largest absolute Gasteiger partial charge is 0.391 e. The number of hydrogen-bond donors (Lipinski definition) is 4. The smallest absolute Gasteiger partial charge is 0.350 e. The van der Waals surface area contributed by atoms with Gasteiger partial charge in [0.1, 0.15) is 18.5 Å². The lowest BCUT2D eigenvalue weighted by Gasteiger charge is -2.26. The summed E-state index contributed by atoms with van der Waals surface area (Å²) < 4.78 is 6.16. The number of aromatic amines is 1. The van der Waals surface area contributed by atoms with Gasteiger partial charge in [-0.1, -0.05) is 5.92 Å². The first-order valence-corrected chi connectivity index (χ1v) is 6.16. The summed E-state index contributed by atoms with van der Waals surface area (Å²) in [6.45, 7) is 2.80. The molecule has 114 valence electrons. The fourth-order valence-corrected chi connectivity index (χ4v) is 2.24. The molecule has 0 amide bonds. The molecule has 4 N–H and O–H groups in total. The van der Waals surface area contributed by atoms with Crippen LogP contribution in [-0.2, 0) is 4.74 Å². The summed E-state index contributed by atoms with van der Waals surface area (Å²) >= 11 is 0. The van der Waals surface area contributed by atoms with Crippen molar-refractivity contribution in [1.82, 2.24) is 14.5 Å². The molecule has 1 fully saturated rings. The van der Waals surface area contributed by atoms with E-state index in [0.29, 0.717) is 0 Å². The second-order valence-corrected chi connectivity index (χ2v) is 4.73. The Labute approximate surface area is 118 Å². The van der Waals surface area contributed by atoms with E-state index in [2.05, 4.69) is 16.8 Å². The van der Waals surface area contributed by atoms with Crippen LogP contribution in [0.2, 0.25) is 0 Å². The van der Waals surface area contributed by atoms with Gasteiger partial charge in [0.25, 0.3) is 0 Å². The highest BCUT2D eigenvalue weighted by atomic mass is 16.6. The van der Waals surface area contributed by atoms with E-state index in [1.165, 1.54) is 13.8 Å². The minimum absolute atomic E-state index is 0.803. The summed E-state index contributed by atoms with van der Waals surface area (Å²) in [6, 6.07) is 0. The highest BCUT2D eigenvalue weighted by molar-refractivity contribution is 5.22. The topological polar surface area (TPSA) is 138 Å². The SMILES string of the molecule is CC#CC1(O)C(O)[C@@H]([C@H](C)O)O[C@H]1n1cnc(=O)[nH]c1=O. The number of ether oxygens (including phenoxy) is 1. The number of aliphatic hydroxyl groups excluding tert-OH is 2. The van der Waals surface area contributed by atoms with Crippen LogP contribution in [0.15, 0.2) is 15.9 Å². The van der Waals surface area contributed by atoms with Crippen LogP contribution in [0.3, 0.4) is 0 Å². The van der Waals surface area contributed by atoms with E-state index in [-0.39, 0.29) is 0 Å². The number of aliphatic hydroxyl groups is 3. The van der Waals surface area contributed by atoms with Crippen LogP contribution in [0.25, 0.3) is 0 Å². The third-order valence-electron chi connectivity index (χ3n) is 3.23. The predicted octanol–water partition coefficient (Wildman–Crippen LogP) is -2.67. The molecular weight excluding hydrogens is 282 g/mol. The summed E-state index contributed by atoms with van der Waals surface area (Å²) in [6.07, 6.45) is -4.35. The van der Waals surface area contributed by atoms with E-state index >= 15 is 0 Å². The van der Waals surface area contributed by atoms with Gasteiger partial charge < -0.3 is 20.1 Å². The fourth-order valence-electron chi connectivity index (χ4n) is 2.24. The molecule has 1 aliphatic rings. The Bertz CT molecular complexity index is 699. The van der Waals surface area contributed by atoms with Gasteiger partial charge in [0, 0.05) is 0 Å². The van der Waals surface area contributed by atoms with Gasteiger partial charge in [-0.15, -0.1) is 5.92 Å². The normalized spacial score (nSPS) is 33.3. The molecular formula is C12H15N3O6. The number of nitrogens with one attached hydrogen (secondary N) is 1. The van der Waals surface area contributed by atoms with Gasteiger partial charge in [-0.05, 0) is 13.8 Å². The van der Waals surface area contributed by atoms with Crippen molar-refractivity contribution in [3.05, 3.63) is 27.3 Å². The van der Waals surface area contributed by atoms with E-state index < -0.39 is 41.5 Å². The van der Waals surface area contributed by atoms with Crippen molar-refractivity contribution in [2.24, 2.45) is 0 Å². The Morgan fingerprint density at radius 2 is 2.24 bits per heavy atom. The van der Waals surface area contributed by atoms with Crippen molar-refractivity contribution in [3.8, 4) is 11.8 Å². The number of nitrogens with zero attached hydrogens (tertiary/aromatic N) is 2. The minimum atomic E-state index is -2.12. The third kappa shape index (κ3) is 2.50. The van der Waals surface area contributed by atoms with Crippen molar-refractivity contribution < 1.29 is 20.1 Å². The molecule has 9 nitrogen and oxygen atoms in total. The van der Waals surface area contributed by atoms with Crippen molar-refractivity contribution in [1.29, 1.82) is 0 Å². The monoisotopic (exact) mass is 297 g/mol. The molecule has 1 aliphatic heterocycles. The Balaban J connectivity index is 2.56. The first-order valence-electron chi connectivity index (χ1n) is 6.16. The first kappa shape index (κ1) is 15.4. The molecule has 0 saturated carbocycles. The van der Waals surface area contributed by atoms with Crippen LogP contribution in [-0.4, -0.2) is 53.8 Å². The number of rotatable bonds is 2. The van der Waals surface area contributed by atoms with Crippen molar-refractivity contribution in [2.75, 3.05) is 0 Å². The van der Waals surface area contributed by atoms with E-state index in [4.69, 9.17) is 4.74 Å². The molecule has 2 unspecified atom stereocenters. The van der Waals surface area contributed by atoms with Crippen LogP contribution >= 0.6 is 0 Å². The zero-order valence-electron chi connectivity index (χ0n) is 11.3. The van der Waals surface area contributed by atoms with Crippen molar-refractivity contribution >= 4 is 0 Å². The molecule has 0 bridgehead atoms. The van der Waals surface area contributed by atoms with Gasteiger partial charge in [-0.3, -0.25) is 9.55 Å². The van der Waals surface area contributed by atoms with Crippen LogP contribution in [0.5, 0.6) is 0 Å². The molecule has 0 aromatic carbocycles. The molecule has 9 heteroatoms. The Hall–Kier alpha value is -1.99. The van der Waals surface area contributed by atoms with Crippen LogP contribution in [0, 0.1) is 11.8 Å². The molecule has 2 rings (SSSR count). The summed E-state index contributed by atoms with van der Waals surface area (Å²) in [5.74, 6) is 4.83. The van der Waals surface area contributed by atoms with Gasteiger partial charge in [-0.2, -0.15) is 4.98 Å². The Morgan fingerprint density at radius 3 is 2.76 bits per heavy atom. The number of H-pyrrole nitrogens is 1. The maximum atomic E-state index is 11.8. The van der Waals surface area contributed by atoms with Crippen molar-refractivity contribution in [3.63, 3.8) is 0 Å². The summed E-state index contributed by atoms with van der Waals surface area (Å²) in [7, 11) is 0. The van der Waals surface area contributed by atoms with Gasteiger partial charge >= 0.3 is 11.4 Å². The number of hydrogen-bond acceptors (Lipinski definition) is 7. The fraction of sp³-hybridized carbons (Fsp3) is 0.583. The van der Waals surface area contributed by atoms with E-state index in [0.717, 1.165) is 10.9 Å². The highest BCUT2D eigenvalue weighted by Gasteiger charge is 2.57. The van der Waals surface area contributed by atoms with E-state index in [1.54, 1.807) is 0 Å². The van der Waals surface area contributed by atoms with E-state index in [9.17, 15) is 24.9 Å². The van der Waals surface area contributed by atoms with Gasteiger partial charge in [0.05, 0.1) is 6.10 Å². The molecule has 0 aliphatic carbocycles. The van der Waals surface area contributed by atoms with E-state index in [1.807, 2.05) is 4.98 Å². The lowest BCUT2D eigenvalue weighted by atomic mass is 9.93. The lowest BCUT2D eigenvalue weighted by molar-refractivity contribution is -0.0889. The van der Waals surface area contributed by atoms with Crippen LogP contribution in [0.1, 0.15) is 20.1 Å². The van der Waals surface area contributed by atoms with Gasteiger partial charge in [-0.25, -0.2) is 9.59 Å². The zero-order valence-corrected chi connectivity index (χ0v) is 11.3. The molecule has 0 spiro atoms. The van der Waals surface area contributed by atoms with Crippen LogP contribution < -0.4 is 11.4 Å². The maximum absolute atomic E-state index is 11.8. The Kier molecular flexibility index (Phi) is 3.97. The second kappa shape index (κ2) is 5.42.